The molecule has 96 valence electrons. The Morgan fingerprint density at radius 2 is 1.63 bits per heavy atom. The van der Waals surface area contributed by atoms with E-state index in [4.69, 9.17) is 0 Å². The van der Waals surface area contributed by atoms with Crippen LogP contribution in [0.2, 0.25) is 0 Å². The lowest BCUT2D eigenvalue weighted by atomic mass is 9.99. The van der Waals surface area contributed by atoms with Gasteiger partial charge in [-0.25, -0.2) is 8.78 Å². The van der Waals surface area contributed by atoms with E-state index in [1.165, 1.54) is 0 Å². The summed E-state index contributed by atoms with van der Waals surface area (Å²) in [7, 11) is 0. The van der Waals surface area contributed by atoms with Crippen molar-refractivity contribution in [2.75, 3.05) is 0 Å². The molecule has 3 aromatic rings. The van der Waals surface area contributed by atoms with Gasteiger partial charge in [-0.1, -0.05) is 30.7 Å². The number of hydrogen-bond acceptors (Lipinski definition) is 0. The first-order valence-corrected chi connectivity index (χ1v) is 6.41. The zero-order valence-electron chi connectivity index (χ0n) is 10.9. The normalized spacial score (nSPS) is 11.4. The Kier molecular flexibility index (Phi) is 2.74. The summed E-state index contributed by atoms with van der Waals surface area (Å²) in [5, 5.41) is 3.10. The Balaban J connectivity index is 2.44. The van der Waals surface area contributed by atoms with E-state index in [0.717, 1.165) is 21.7 Å². The minimum absolute atomic E-state index is 0.354. The molecule has 0 heterocycles. The van der Waals surface area contributed by atoms with E-state index in [1.807, 2.05) is 38.1 Å². The Hall–Kier alpha value is -1.96. The average molecular weight is 256 g/mol. The average Bonchev–Trinajstić information content (AvgIpc) is 2.41. The molecule has 0 saturated heterocycles. The SMILES string of the molecule is CCc1cc2cc3ccc(C)cc3cc2c(F)c1F. The monoisotopic (exact) mass is 256 g/mol. The summed E-state index contributed by atoms with van der Waals surface area (Å²) in [6, 6.07) is 11.4. The quantitative estimate of drug-likeness (QED) is 0.529. The van der Waals surface area contributed by atoms with Crippen LogP contribution in [-0.4, -0.2) is 0 Å². The maximum Gasteiger partial charge on any atom is 0.166 e. The van der Waals surface area contributed by atoms with E-state index in [2.05, 4.69) is 0 Å². The number of halogens is 2. The van der Waals surface area contributed by atoms with Crippen LogP contribution in [0.25, 0.3) is 21.5 Å². The Bertz CT molecular complexity index is 788. The van der Waals surface area contributed by atoms with Gasteiger partial charge in [0.15, 0.2) is 11.6 Å². The summed E-state index contributed by atoms with van der Waals surface area (Å²) in [6.07, 6.45) is 0.491. The van der Waals surface area contributed by atoms with Gasteiger partial charge in [0.05, 0.1) is 0 Å². The second-order valence-corrected chi connectivity index (χ2v) is 4.94. The highest BCUT2D eigenvalue weighted by atomic mass is 19.2. The van der Waals surface area contributed by atoms with Crippen molar-refractivity contribution in [2.24, 2.45) is 0 Å². The van der Waals surface area contributed by atoms with Gasteiger partial charge < -0.3 is 0 Å². The summed E-state index contributed by atoms with van der Waals surface area (Å²) in [6.45, 7) is 3.81. The summed E-state index contributed by atoms with van der Waals surface area (Å²) in [5.74, 6) is -1.46. The second-order valence-electron chi connectivity index (χ2n) is 4.94. The van der Waals surface area contributed by atoms with Gasteiger partial charge in [0.25, 0.3) is 0 Å². The first-order chi connectivity index (χ1) is 9.10. The van der Waals surface area contributed by atoms with E-state index in [-0.39, 0.29) is 0 Å². The van der Waals surface area contributed by atoms with Crippen LogP contribution in [0.1, 0.15) is 18.1 Å². The predicted octanol–water partition coefficient (Wildman–Crippen LogP) is 5.14. The number of aryl methyl sites for hydroxylation is 2. The molecule has 0 atom stereocenters. The molecular formula is C17H14F2. The lowest BCUT2D eigenvalue weighted by Gasteiger charge is -2.08. The van der Waals surface area contributed by atoms with Crippen LogP contribution >= 0.6 is 0 Å². The fourth-order valence-electron chi connectivity index (χ4n) is 2.51. The van der Waals surface area contributed by atoms with Gasteiger partial charge in [-0.15, -0.1) is 0 Å². The van der Waals surface area contributed by atoms with E-state index < -0.39 is 11.6 Å². The molecule has 0 fully saturated rings. The van der Waals surface area contributed by atoms with Crippen LogP contribution in [-0.2, 0) is 6.42 Å². The van der Waals surface area contributed by atoms with Crippen molar-refractivity contribution in [3.05, 3.63) is 59.2 Å². The molecule has 2 heteroatoms. The summed E-state index contributed by atoms with van der Waals surface area (Å²) in [4.78, 5) is 0. The smallest absolute Gasteiger partial charge is 0.166 e. The van der Waals surface area contributed by atoms with Crippen LogP contribution in [0, 0.1) is 18.6 Å². The Labute approximate surface area is 110 Å². The van der Waals surface area contributed by atoms with Crippen LogP contribution in [0.3, 0.4) is 0 Å². The van der Waals surface area contributed by atoms with Crippen molar-refractivity contribution in [1.29, 1.82) is 0 Å². The molecule has 0 aliphatic rings. The summed E-state index contributed by atoms with van der Waals surface area (Å²) >= 11 is 0. The number of rotatable bonds is 1. The molecule has 3 rings (SSSR count). The lowest BCUT2D eigenvalue weighted by molar-refractivity contribution is 0.508. The molecule has 0 saturated carbocycles. The van der Waals surface area contributed by atoms with Crippen LogP contribution < -0.4 is 0 Å². The van der Waals surface area contributed by atoms with E-state index in [9.17, 15) is 8.78 Å². The fourth-order valence-corrected chi connectivity index (χ4v) is 2.51. The molecule has 0 nitrogen and oxygen atoms in total. The molecule has 3 aromatic carbocycles. The van der Waals surface area contributed by atoms with Crippen molar-refractivity contribution in [3.8, 4) is 0 Å². The van der Waals surface area contributed by atoms with E-state index in [0.29, 0.717) is 17.4 Å². The molecule has 0 spiro atoms. The van der Waals surface area contributed by atoms with Crippen LogP contribution in [0.5, 0.6) is 0 Å². The first-order valence-electron chi connectivity index (χ1n) is 6.41. The Morgan fingerprint density at radius 1 is 0.842 bits per heavy atom. The molecule has 19 heavy (non-hydrogen) atoms. The van der Waals surface area contributed by atoms with Gasteiger partial charge in [0.2, 0.25) is 0 Å². The first kappa shape index (κ1) is 12.1. The highest BCUT2D eigenvalue weighted by Gasteiger charge is 2.13. The predicted molar refractivity (Wildman–Crippen MR) is 75.5 cm³/mol. The molecule has 0 aliphatic heterocycles. The number of benzene rings is 3. The zero-order chi connectivity index (χ0) is 13.6. The third-order valence-electron chi connectivity index (χ3n) is 3.59. The highest BCUT2D eigenvalue weighted by molar-refractivity contribution is 5.99. The van der Waals surface area contributed by atoms with Crippen LogP contribution in [0.15, 0.2) is 36.4 Å². The summed E-state index contributed by atoms with van der Waals surface area (Å²) in [5.41, 5.74) is 1.54. The molecule has 0 aliphatic carbocycles. The minimum Gasteiger partial charge on any atom is -0.203 e. The molecule has 0 N–H and O–H groups in total. The van der Waals surface area contributed by atoms with Crippen molar-refractivity contribution >= 4 is 21.5 Å². The number of hydrogen-bond donors (Lipinski definition) is 0. The van der Waals surface area contributed by atoms with E-state index >= 15 is 0 Å². The maximum absolute atomic E-state index is 14.1. The van der Waals surface area contributed by atoms with E-state index in [1.54, 1.807) is 12.1 Å². The van der Waals surface area contributed by atoms with Gasteiger partial charge in [0, 0.05) is 5.39 Å². The van der Waals surface area contributed by atoms with Crippen molar-refractivity contribution in [3.63, 3.8) is 0 Å². The topological polar surface area (TPSA) is 0 Å². The molecule has 0 bridgehead atoms. The maximum atomic E-state index is 14.1. The number of fused-ring (bicyclic) bond motifs is 2. The van der Waals surface area contributed by atoms with Gasteiger partial charge in [0.1, 0.15) is 0 Å². The lowest BCUT2D eigenvalue weighted by Crippen LogP contribution is -1.94. The molecular weight excluding hydrogens is 242 g/mol. The Morgan fingerprint density at radius 3 is 2.37 bits per heavy atom. The zero-order valence-corrected chi connectivity index (χ0v) is 10.9. The molecule has 0 aromatic heterocycles. The second kappa shape index (κ2) is 4.30. The molecule has 0 amide bonds. The van der Waals surface area contributed by atoms with Crippen molar-refractivity contribution < 1.29 is 8.78 Å². The van der Waals surface area contributed by atoms with Crippen molar-refractivity contribution in [2.45, 2.75) is 20.3 Å². The standard InChI is InChI=1S/C17H14F2/c1-3-11-7-14-8-12-5-4-10(2)6-13(12)9-15(14)17(19)16(11)18/h4-9H,3H2,1-2H3. The van der Waals surface area contributed by atoms with Crippen LogP contribution in [0.4, 0.5) is 8.78 Å². The van der Waals surface area contributed by atoms with Gasteiger partial charge in [-0.05, 0) is 53.3 Å². The van der Waals surface area contributed by atoms with Gasteiger partial charge in [-0.3, -0.25) is 0 Å². The molecule has 0 radical (unpaired) electrons. The molecule has 0 unspecified atom stereocenters. The third-order valence-corrected chi connectivity index (χ3v) is 3.59. The third kappa shape index (κ3) is 1.88. The minimum atomic E-state index is -0.738. The highest BCUT2D eigenvalue weighted by Crippen LogP contribution is 2.29. The van der Waals surface area contributed by atoms with Crippen molar-refractivity contribution in [1.82, 2.24) is 0 Å². The van der Waals surface area contributed by atoms with Gasteiger partial charge in [-0.2, -0.15) is 0 Å². The largest absolute Gasteiger partial charge is 0.203 e. The fraction of sp³-hybridized carbons (Fsp3) is 0.176. The summed E-state index contributed by atoms with van der Waals surface area (Å²) < 4.78 is 27.9. The van der Waals surface area contributed by atoms with Gasteiger partial charge >= 0.3 is 0 Å².